The highest BCUT2D eigenvalue weighted by Gasteiger charge is 2.47. The molecule has 0 bridgehead atoms. The van der Waals surface area contributed by atoms with Crippen LogP contribution in [0.3, 0.4) is 0 Å². The van der Waals surface area contributed by atoms with Gasteiger partial charge in [-0.05, 0) is 27.7 Å². The summed E-state index contributed by atoms with van der Waals surface area (Å²) in [7, 11) is 0. The van der Waals surface area contributed by atoms with E-state index in [0.717, 1.165) is 13.1 Å². The molecule has 1 N–H and O–H groups in total. The SMILES string of the molecule is CC(C)(C(=O)O)C(C)(C)N1CC=CC1. The lowest BCUT2D eigenvalue weighted by Crippen LogP contribution is -2.56. The zero-order chi connectivity index (χ0) is 11.0. The van der Waals surface area contributed by atoms with Gasteiger partial charge in [0.2, 0.25) is 0 Å². The van der Waals surface area contributed by atoms with E-state index >= 15 is 0 Å². The van der Waals surface area contributed by atoms with Gasteiger partial charge in [-0.2, -0.15) is 0 Å². The minimum atomic E-state index is -0.741. The first-order valence-corrected chi connectivity index (χ1v) is 4.93. The minimum absolute atomic E-state index is 0.331. The van der Waals surface area contributed by atoms with Crippen molar-refractivity contribution in [2.75, 3.05) is 13.1 Å². The van der Waals surface area contributed by atoms with Gasteiger partial charge in [-0.15, -0.1) is 0 Å². The molecule has 0 atom stereocenters. The molecular formula is C11H19NO2. The number of carboxylic acids is 1. The maximum Gasteiger partial charge on any atom is 0.310 e. The Hall–Kier alpha value is -0.830. The number of aliphatic carboxylic acids is 1. The van der Waals surface area contributed by atoms with Crippen LogP contribution in [0.25, 0.3) is 0 Å². The van der Waals surface area contributed by atoms with Gasteiger partial charge in [-0.25, -0.2) is 0 Å². The number of nitrogens with zero attached hydrogens (tertiary/aromatic N) is 1. The number of carbonyl (C=O) groups is 1. The molecule has 0 saturated heterocycles. The highest BCUT2D eigenvalue weighted by Crippen LogP contribution is 2.36. The molecule has 1 rings (SSSR count). The maximum absolute atomic E-state index is 11.2. The van der Waals surface area contributed by atoms with E-state index in [1.165, 1.54) is 0 Å². The van der Waals surface area contributed by atoms with Crippen molar-refractivity contribution in [2.45, 2.75) is 33.2 Å². The van der Waals surface area contributed by atoms with Gasteiger partial charge in [0.05, 0.1) is 5.41 Å². The third-order valence-corrected chi connectivity index (χ3v) is 3.67. The van der Waals surface area contributed by atoms with E-state index in [9.17, 15) is 9.90 Å². The summed E-state index contributed by atoms with van der Waals surface area (Å²) in [5.74, 6) is -0.741. The average molecular weight is 197 g/mol. The molecule has 0 aromatic rings. The van der Waals surface area contributed by atoms with E-state index < -0.39 is 11.4 Å². The quantitative estimate of drug-likeness (QED) is 0.701. The summed E-state index contributed by atoms with van der Waals surface area (Å²) < 4.78 is 0. The van der Waals surface area contributed by atoms with Crippen LogP contribution < -0.4 is 0 Å². The van der Waals surface area contributed by atoms with Gasteiger partial charge in [0, 0.05) is 18.6 Å². The second kappa shape index (κ2) is 3.39. The molecule has 0 aromatic heterocycles. The van der Waals surface area contributed by atoms with E-state index in [1.54, 1.807) is 13.8 Å². The van der Waals surface area contributed by atoms with Crippen molar-refractivity contribution in [1.29, 1.82) is 0 Å². The molecule has 0 aromatic carbocycles. The van der Waals surface area contributed by atoms with Crippen molar-refractivity contribution in [2.24, 2.45) is 5.41 Å². The van der Waals surface area contributed by atoms with E-state index in [1.807, 2.05) is 13.8 Å². The van der Waals surface area contributed by atoms with Crippen LogP contribution in [-0.2, 0) is 4.79 Å². The molecule has 1 heterocycles. The van der Waals surface area contributed by atoms with Crippen LogP contribution >= 0.6 is 0 Å². The lowest BCUT2D eigenvalue weighted by molar-refractivity contribution is -0.155. The molecule has 14 heavy (non-hydrogen) atoms. The van der Waals surface area contributed by atoms with Gasteiger partial charge in [0.1, 0.15) is 0 Å². The number of carboxylic acid groups (broad SMARTS) is 1. The molecule has 0 fully saturated rings. The van der Waals surface area contributed by atoms with Crippen LogP contribution in [0, 0.1) is 5.41 Å². The van der Waals surface area contributed by atoms with Gasteiger partial charge < -0.3 is 5.11 Å². The van der Waals surface area contributed by atoms with Crippen LogP contribution in [0.4, 0.5) is 0 Å². The Morgan fingerprint density at radius 3 is 2.00 bits per heavy atom. The van der Waals surface area contributed by atoms with E-state index in [2.05, 4.69) is 17.1 Å². The molecule has 3 heteroatoms. The summed E-state index contributed by atoms with van der Waals surface area (Å²) in [4.78, 5) is 13.4. The molecule has 0 saturated carbocycles. The predicted molar refractivity (Wildman–Crippen MR) is 56.2 cm³/mol. The smallest absolute Gasteiger partial charge is 0.310 e. The molecule has 0 aliphatic carbocycles. The molecule has 0 spiro atoms. The lowest BCUT2D eigenvalue weighted by Gasteiger charge is -2.45. The van der Waals surface area contributed by atoms with Crippen LogP contribution in [-0.4, -0.2) is 34.6 Å². The molecule has 3 nitrogen and oxygen atoms in total. The molecular weight excluding hydrogens is 178 g/mol. The fourth-order valence-electron chi connectivity index (χ4n) is 1.59. The zero-order valence-corrected chi connectivity index (χ0v) is 9.37. The Morgan fingerprint density at radius 1 is 1.21 bits per heavy atom. The number of rotatable bonds is 3. The van der Waals surface area contributed by atoms with Crippen LogP contribution in [0.1, 0.15) is 27.7 Å². The Balaban J connectivity index is 2.88. The maximum atomic E-state index is 11.2. The van der Waals surface area contributed by atoms with Crippen molar-refractivity contribution in [3.63, 3.8) is 0 Å². The van der Waals surface area contributed by atoms with E-state index in [4.69, 9.17) is 0 Å². The van der Waals surface area contributed by atoms with Gasteiger partial charge in [-0.3, -0.25) is 9.69 Å². The summed E-state index contributed by atoms with van der Waals surface area (Å²) >= 11 is 0. The zero-order valence-electron chi connectivity index (χ0n) is 9.37. The fraction of sp³-hybridized carbons (Fsp3) is 0.727. The van der Waals surface area contributed by atoms with Crippen LogP contribution in [0.2, 0.25) is 0 Å². The third-order valence-electron chi connectivity index (χ3n) is 3.67. The summed E-state index contributed by atoms with van der Waals surface area (Å²) in [5, 5.41) is 9.19. The van der Waals surface area contributed by atoms with Crippen molar-refractivity contribution >= 4 is 5.97 Å². The van der Waals surface area contributed by atoms with E-state index in [-0.39, 0.29) is 5.54 Å². The Morgan fingerprint density at radius 2 is 1.64 bits per heavy atom. The second-order valence-electron chi connectivity index (χ2n) is 4.87. The van der Waals surface area contributed by atoms with Crippen molar-refractivity contribution < 1.29 is 9.90 Å². The molecule has 1 aliphatic heterocycles. The monoisotopic (exact) mass is 197 g/mol. The number of hydrogen-bond donors (Lipinski definition) is 1. The molecule has 0 amide bonds. The first-order valence-electron chi connectivity index (χ1n) is 4.93. The first-order chi connectivity index (χ1) is 6.30. The summed E-state index contributed by atoms with van der Waals surface area (Å²) in [5.41, 5.74) is -1.07. The lowest BCUT2D eigenvalue weighted by atomic mass is 9.73. The van der Waals surface area contributed by atoms with Gasteiger partial charge in [0.25, 0.3) is 0 Å². The Kier molecular flexibility index (Phi) is 2.72. The predicted octanol–water partition coefficient (Wildman–Crippen LogP) is 1.75. The Labute approximate surface area is 85.4 Å². The van der Waals surface area contributed by atoms with E-state index in [0.29, 0.717) is 0 Å². The van der Waals surface area contributed by atoms with Crippen molar-refractivity contribution in [3.05, 3.63) is 12.2 Å². The molecule has 80 valence electrons. The number of hydrogen-bond acceptors (Lipinski definition) is 2. The highest BCUT2D eigenvalue weighted by molar-refractivity contribution is 5.75. The molecule has 1 aliphatic rings. The van der Waals surface area contributed by atoms with Crippen LogP contribution in [0.15, 0.2) is 12.2 Å². The Bertz CT molecular complexity index is 258. The first kappa shape index (κ1) is 11.2. The second-order valence-corrected chi connectivity index (χ2v) is 4.87. The average Bonchev–Trinajstić information content (AvgIpc) is 2.55. The van der Waals surface area contributed by atoms with Gasteiger partial charge >= 0.3 is 5.97 Å². The van der Waals surface area contributed by atoms with Crippen LogP contribution in [0.5, 0.6) is 0 Å². The standard InChI is InChI=1S/C11H19NO2/c1-10(2,9(13)14)11(3,4)12-7-5-6-8-12/h5-6H,7-8H2,1-4H3,(H,13,14). The van der Waals surface area contributed by atoms with Crippen molar-refractivity contribution in [1.82, 2.24) is 4.90 Å². The summed E-state index contributed by atoms with van der Waals surface area (Å²) in [6.45, 7) is 9.26. The molecule has 0 radical (unpaired) electrons. The third kappa shape index (κ3) is 1.57. The minimum Gasteiger partial charge on any atom is -0.481 e. The summed E-state index contributed by atoms with van der Waals surface area (Å²) in [6.07, 6.45) is 4.17. The van der Waals surface area contributed by atoms with Crippen molar-refractivity contribution in [3.8, 4) is 0 Å². The van der Waals surface area contributed by atoms with Gasteiger partial charge in [-0.1, -0.05) is 12.2 Å². The molecule has 0 unspecified atom stereocenters. The largest absolute Gasteiger partial charge is 0.481 e. The fourth-order valence-corrected chi connectivity index (χ4v) is 1.59. The topological polar surface area (TPSA) is 40.5 Å². The highest BCUT2D eigenvalue weighted by atomic mass is 16.4. The summed E-state index contributed by atoms with van der Waals surface area (Å²) in [6, 6.07) is 0. The normalized spacial score (nSPS) is 18.9. The van der Waals surface area contributed by atoms with Gasteiger partial charge in [0.15, 0.2) is 0 Å².